The zero-order valence-electron chi connectivity index (χ0n) is 8.29. The number of carbonyl (C=O) groups excluding carboxylic acids is 1. The highest BCUT2D eigenvalue weighted by atomic mass is 16.6. The van der Waals surface area contributed by atoms with Crippen LogP contribution in [0.5, 0.6) is 0 Å². The predicted molar refractivity (Wildman–Crippen MR) is 47.9 cm³/mol. The molecule has 7 heteroatoms. The van der Waals surface area contributed by atoms with E-state index in [1.165, 1.54) is 7.11 Å². The molecule has 1 rings (SSSR count). The highest BCUT2D eigenvalue weighted by Gasteiger charge is 2.37. The molecule has 15 heavy (non-hydrogen) atoms. The van der Waals surface area contributed by atoms with Crippen LogP contribution < -0.4 is 5.32 Å². The molecule has 1 heterocycles. The van der Waals surface area contributed by atoms with Crippen LogP contribution in [0.3, 0.4) is 0 Å². The van der Waals surface area contributed by atoms with Crippen LogP contribution >= 0.6 is 0 Å². The van der Waals surface area contributed by atoms with Crippen LogP contribution in [0.1, 0.15) is 6.42 Å². The number of alkyl carbamates (subject to hydrolysis) is 1. The normalized spacial score (nSPS) is 36.0. The van der Waals surface area contributed by atoms with Crippen molar-refractivity contribution in [1.29, 1.82) is 0 Å². The van der Waals surface area contributed by atoms with Crippen molar-refractivity contribution in [1.82, 2.24) is 5.32 Å². The summed E-state index contributed by atoms with van der Waals surface area (Å²) in [7, 11) is 1.17. The van der Waals surface area contributed by atoms with E-state index in [1.54, 1.807) is 0 Å². The van der Waals surface area contributed by atoms with E-state index in [1.807, 2.05) is 0 Å². The minimum absolute atomic E-state index is 0.141. The number of ether oxygens (including phenoxy) is 2. The standard InChI is InChI=1S/C8H15NO6/c1-14-8(13)9-6-5(11)2-4(3-10)15-7(6)12/h4-7,10-12H,2-3H2,1H3,(H,9,13)/t4-,5-,6?,7?/m0/s1. The Labute approximate surface area is 86.6 Å². The first-order valence-corrected chi connectivity index (χ1v) is 4.55. The lowest BCUT2D eigenvalue weighted by molar-refractivity contribution is -0.212. The number of hydrogen-bond acceptors (Lipinski definition) is 6. The average Bonchev–Trinajstić information content (AvgIpc) is 2.22. The summed E-state index contributed by atoms with van der Waals surface area (Å²) in [5.41, 5.74) is 0. The topological polar surface area (TPSA) is 108 Å². The van der Waals surface area contributed by atoms with Gasteiger partial charge in [0.15, 0.2) is 6.29 Å². The fourth-order valence-electron chi connectivity index (χ4n) is 1.42. The highest BCUT2D eigenvalue weighted by Crippen LogP contribution is 2.18. The number of hydrogen-bond donors (Lipinski definition) is 4. The number of aliphatic hydroxyl groups excluding tert-OH is 3. The Bertz CT molecular complexity index is 211. The molecule has 1 fully saturated rings. The number of carbonyl (C=O) groups is 1. The lowest BCUT2D eigenvalue weighted by Gasteiger charge is -2.36. The predicted octanol–water partition coefficient (Wildman–Crippen LogP) is -1.83. The molecule has 4 atom stereocenters. The Kier molecular flexibility index (Phi) is 4.28. The molecule has 0 radical (unpaired) electrons. The second-order valence-electron chi connectivity index (χ2n) is 3.30. The monoisotopic (exact) mass is 221 g/mol. The molecule has 0 spiro atoms. The van der Waals surface area contributed by atoms with Gasteiger partial charge in [0.25, 0.3) is 0 Å². The van der Waals surface area contributed by atoms with Crippen LogP contribution in [0.25, 0.3) is 0 Å². The molecule has 2 unspecified atom stereocenters. The average molecular weight is 221 g/mol. The van der Waals surface area contributed by atoms with Gasteiger partial charge in [0.05, 0.1) is 25.9 Å². The maximum atomic E-state index is 10.9. The summed E-state index contributed by atoms with van der Waals surface area (Å²) < 4.78 is 9.26. The fraction of sp³-hybridized carbons (Fsp3) is 0.875. The molecule has 0 aromatic rings. The van der Waals surface area contributed by atoms with Gasteiger partial charge in [-0.2, -0.15) is 0 Å². The van der Waals surface area contributed by atoms with Gasteiger partial charge in [-0.25, -0.2) is 4.79 Å². The van der Waals surface area contributed by atoms with Gasteiger partial charge in [-0.15, -0.1) is 0 Å². The number of nitrogens with one attached hydrogen (secondary N) is 1. The quantitative estimate of drug-likeness (QED) is 0.437. The van der Waals surface area contributed by atoms with Crippen molar-refractivity contribution < 1.29 is 29.6 Å². The summed E-state index contributed by atoms with van der Waals surface area (Å²) in [4.78, 5) is 10.9. The van der Waals surface area contributed by atoms with Gasteiger partial charge >= 0.3 is 6.09 Å². The SMILES string of the molecule is COC(=O)NC1C(O)O[C@H](CO)C[C@@H]1O. The highest BCUT2D eigenvalue weighted by molar-refractivity contribution is 5.67. The van der Waals surface area contributed by atoms with E-state index in [2.05, 4.69) is 10.1 Å². The summed E-state index contributed by atoms with van der Waals surface area (Å²) in [6.45, 7) is -0.293. The molecule has 7 nitrogen and oxygen atoms in total. The third kappa shape index (κ3) is 3.03. The van der Waals surface area contributed by atoms with E-state index in [-0.39, 0.29) is 13.0 Å². The molecule has 1 aliphatic heterocycles. The van der Waals surface area contributed by atoms with E-state index in [4.69, 9.17) is 9.84 Å². The minimum atomic E-state index is -1.36. The Morgan fingerprint density at radius 1 is 1.60 bits per heavy atom. The molecule has 1 aliphatic rings. The van der Waals surface area contributed by atoms with Crippen molar-refractivity contribution in [2.75, 3.05) is 13.7 Å². The van der Waals surface area contributed by atoms with Crippen LogP contribution in [-0.2, 0) is 9.47 Å². The molecule has 0 aliphatic carbocycles. The minimum Gasteiger partial charge on any atom is -0.453 e. The summed E-state index contributed by atoms with van der Waals surface area (Å²) >= 11 is 0. The Hall–Kier alpha value is -0.890. The number of aliphatic hydroxyl groups is 3. The Morgan fingerprint density at radius 3 is 2.73 bits per heavy atom. The van der Waals surface area contributed by atoms with E-state index in [0.717, 1.165) is 0 Å². The third-order valence-electron chi connectivity index (χ3n) is 2.23. The second-order valence-corrected chi connectivity index (χ2v) is 3.30. The van der Waals surface area contributed by atoms with Gasteiger partial charge < -0.3 is 30.1 Å². The van der Waals surface area contributed by atoms with Crippen molar-refractivity contribution in [3.8, 4) is 0 Å². The van der Waals surface area contributed by atoms with Gasteiger partial charge in [0.2, 0.25) is 0 Å². The molecular formula is C8H15NO6. The molecule has 88 valence electrons. The van der Waals surface area contributed by atoms with Gasteiger partial charge in [-0.05, 0) is 0 Å². The molecule has 0 saturated carbocycles. The second kappa shape index (κ2) is 5.26. The summed E-state index contributed by atoms with van der Waals surface area (Å²) in [6, 6.07) is -0.944. The van der Waals surface area contributed by atoms with Crippen LogP contribution in [-0.4, -0.2) is 59.7 Å². The van der Waals surface area contributed by atoms with Crippen molar-refractivity contribution in [2.24, 2.45) is 0 Å². The lowest BCUT2D eigenvalue weighted by atomic mass is 10.0. The summed E-state index contributed by atoms with van der Waals surface area (Å²) in [6.07, 6.45) is -3.58. The fourth-order valence-corrected chi connectivity index (χ4v) is 1.42. The zero-order valence-corrected chi connectivity index (χ0v) is 8.29. The molecular weight excluding hydrogens is 206 g/mol. The third-order valence-corrected chi connectivity index (χ3v) is 2.23. The molecule has 0 aromatic heterocycles. The molecule has 0 aromatic carbocycles. The number of methoxy groups -OCH3 is 1. The zero-order chi connectivity index (χ0) is 11.4. The van der Waals surface area contributed by atoms with Gasteiger partial charge in [0, 0.05) is 6.42 Å². The molecule has 4 N–H and O–H groups in total. The smallest absolute Gasteiger partial charge is 0.407 e. The molecule has 1 amide bonds. The van der Waals surface area contributed by atoms with Gasteiger partial charge in [0.1, 0.15) is 6.04 Å². The molecule has 1 saturated heterocycles. The molecule has 0 bridgehead atoms. The van der Waals surface area contributed by atoms with E-state index < -0.39 is 30.6 Å². The number of amides is 1. The Balaban J connectivity index is 2.54. The lowest BCUT2D eigenvalue weighted by Crippen LogP contribution is -2.57. The van der Waals surface area contributed by atoms with Crippen LogP contribution in [0.2, 0.25) is 0 Å². The first-order chi connectivity index (χ1) is 7.08. The van der Waals surface area contributed by atoms with Crippen LogP contribution in [0.15, 0.2) is 0 Å². The van der Waals surface area contributed by atoms with Gasteiger partial charge in [-0.3, -0.25) is 0 Å². The van der Waals surface area contributed by atoms with E-state index in [9.17, 15) is 15.0 Å². The first-order valence-electron chi connectivity index (χ1n) is 4.55. The van der Waals surface area contributed by atoms with E-state index >= 15 is 0 Å². The largest absolute Gasteiger partial charge is 0.453 e. The number of rotatable bonds is 2. The Morgan fingerprint density at radius 2 is 2.27 bits per heavy atom. The van der Waals surface area contributed by atoms with Crippen LogP contribution in [0, 0.1) is 0 Å². The summed E-state index contributed by atoms with van der Waals surface area (Å²) in [5, 5.41) is 30.0. The maximum Gasteiger partial charge on any atom is 0.407 e. The van der Waals surface area contributed by atoms with Crippen molar-refractivity contribution in [2.45, 2.75) is 31.0 Å². The summed E-state index contributed by atoms with van der Waals surface area (Å²) in [5.74, 6) is 0. The van der Waals surface area contributed by atoms with E-state index in [0.29, 0.717) is 0 Å². The van der Waals surface area contributed by atoms with Crippen molar-refractivity contribution >= 4 is 6.09 Å². The van der Waals surface area contributed by atoms with Crippen molar-refractivity contribution in [3.05, 3.63) is 0 Å². The maximum absolute atomic E-state index is 10.9. The van der Waals surface area contributed by atoms with Gasteiger partial charge in [-0.1, -0.05) is 0 Å². The van der Waals surface area contributed by atoms with Crippen LogP contribution in [0.4, 0.5) is 4.79 Å². The first kappa shape index (κ1) is 12.2. The van der Waals surface area contributed by atoms with Crippen molar-refractivity contribution in [3.63, 3.8) is 0 Å².